The number of halogens is 1. The van der Waals surface area contributed by atoms with Gasteiger partial charge in [0.15, 0.2) is 0 Å². The summed E-state index contributed by atoms with van der Waals surface area (Å²) in [7, 11) is 0. The van der Waals surface area contributed by atoms with Crippen LogP contribution in [-0.4, -0.2) is 35.3 Å². The standard InChI is InChI=1S/C20H23ClN2O4/c1-2-12-27-20(26)13-8-10-14(11-9-13)22-17-16(21)18(24)23(19(17)25)15-6-4-3-5-7-15/h8-11,15,22H,2-7,12H2,1H3. The van der Waals surface area contributed by atoms with E-state index >= 15 is 0 Å². The van der Waals surface area contributed by atoms with Gasteiger partial charge in [0.1, 0.15) is 10.7 Å². The number of nitrogens with zero attached hydrogens (tertiary/aromatic N) is 1. The van der Waals surface area contributed by atoms with Gasteiger partial charge >= 0.3 is 5.97 Å². The highest BCUT2D eigenvalue weighted by Gasteiger charge is 2.42. The molecule has 6 nitrogen and oxygen atoms in total. The molecule has 2 aliphatic rings. The molecule has 7 heteroatoms. The van der Waals surface area contributed by atoms with Crippen LogP contribution in [0.5, 0.6) is 0 Å². The average molecular weight is 391 g/mol. The molecule has 0 unspecified atom stereocenters. The molecular formula is C20H23ClN2O4. The molecule has 1 N–H and O–H groups in total. The third kappa shape index (κ3) is 4.16. The minimum Gasteiger partial charge on any atom is -0.462 e. The molecule has 1 saturated carbocycles. The summed E-state index contributed by atoms with van der Waals surface area (Å²) in [5.41, 5.74) is 1.09. The number of imide groups is 1. The lowest BCUT2D eigenvalue weighted by atomic mass is 9.94. The zero-order valence-corrected chi connectivity index (χ0v) is 16.1. The second-order valence-electron chi connectivity index (χ2n) is 6.80. The van der Waals surface area contributed by atoms with Crippen LogP contribution in [-0.2, 0) is 14.3 Å². The van der Waals surface area contributed by atoms with Crippen LogP contribution in [0.4, 0.5) is 5.69 Å². The van der Waals surface area contributed by atoms with E-state index in [9.17, 15) is 14.4 Å². The van der Waals surface area contributed by atoms with Crippen molar-refractivity contribution in [1.82, 2.24) is 4.90 Å². The van der Waals surface area contributed by atoms with Crippen LogP contribution in [0.2, 0.25) is 0 Å². The van der Waals surface area contributed by atoms with Gasteiger partial charge in [0.05, 0.1) is 12.2 Å². The number of carbonyl (C=O) groups is 3. The molecule has 0 bridgehead atoms. The average Bonchev–Trinajstić information content (AvgIpc) is 2.90. The monoisotopic (exact) mass is 390 g/mol. The van der Waals surface area contributed by atoms with E-state index in [-0.39, 0.29) is 22.7 Å². The summed E-state index contributed by atoms with van der Waals surface area (Å²) in [6.07, 6.45) is 5.56. The van der Waals surface area contributed by atoms with Gasteiger partial charge in [-0.2, -0.15) is 0 Å². The van der Waals surface area contributed by atoms with E-state index in [0.717, 1.165) is 38.5 Å². The fourth-order valence-electron chi connectivity index (χ4n) is 3.41. The van der Waals surface area contributed by atoms with Crippen molar-refractivity contribution in [3.63, 3.8) is 0 Å². The van der Waals surface area contributed by atoms with E-state index in [2.05, 4.69) is 5.32 Å². The van der Waals surface area contributed by atoms with Crippen LogP contribution in [0.1, 0.15) is 55.8 Å². The molecule has 1 heterocycles. The molecule has 0 saturated heterocycles. The molecule has 1 aliphatic heterocycles. The summed E-state index contributed by atoms with van der Waals surface area (Å²) < 4.78 is 5.08. The number of amides is 2. The molecule has 1 fully saturated rings. The van der Waals surface area contributed by atoms with Crippen molar-refractivity contribution < 1.29 is 19.1 Å². The predicted molar refractivity (Wildman–Crippen MR) is 102 cm³/mol. The topological polar surface area (TPSA) is 75.7 Å². The van der Waals surface area contributed by atoms with Gasteiger partial charge in [0.25, 0.3) is 11.8 Å². The summed E-state index contributed by atoms with van der Waals surface area (Å²) >= 11 is 6.16. The Morgan fingerprint density at radius 1 is 1.15 bits per heavy atom. The fraction of sp³-hybridized carbons (Fsp3) is 0.450. The summed E-state index contributed by atoms with van der Waals surface area (Å²) in [6, 6.07) is 6.44. The second-order valence-corrected chi connectivity index (χ2v) is 7.18. The highest BCUT2D eigenvalue weighted by atomic mass is 35.5. The number of anilines is 1. The number of carbonyl (C=O) groups excluding carboxylic acids is 3. The first-order chi connectivity index (χ1) is 13.0. The highest BCUT2D eigenvalue weighted by Crippen LogP contribution is 2.32. The number of rotatable bonds is 6. The number of esters is 1. The van der Waals surface area contributed by atoms with Crippen molar-refractivity contribution in [3.8, 4) is 0 Å². The lowest BCUT2D eigenvalue weighted by Crippen LogP contribution is -2.42. The number of hydrogen-bond donors (Lipinski definition) is 1. The maximum absolute atomic E-state index is 12.7. The van der Waals surface area contributed by atoms with Crippen LogP contribution in [0.25, 0.3) is 0 Å². The molecule has 0 aromatic heterocycles. The summed E-state index contributed by atoms with van der Waals surface area (Å²) in [5.74, 6) is -1.21. The molecular weight excluding hydrogens is 368 g/mol. The number of ether oxygens (including phenoxy) is 1. The minimum atomic E-state index is -0.434. The van der Waals surface area contributed by atoms with Gasteiger partial charge in [-0.05, 0) is 43.5 Å². The van der Waals surface area contributed by atoms with E-state index in [1.165, 1.54) is 4.90 Å². The first-order valence-electron chi connectivity index (χ1n) is 9.34. The molecule has 1 aliphatic carbocycles. The Hall–Kier alpha value is -2.34. The first-order valence-corrected chi connectivity index (χ1v) is 9.72. The fourth-order valence-corrected chi connectivity index (χ4v) is 3.63. The largest absolute Gasteiger partial charge is 0.462 e. The van der Waals surface area contributed by atoms with Crippen LogP contribution in [0, 0.1) is 0 Å². The maximum atomic E-state index is 12.7. The molecule has 1 aromatic rings. The van der Waals surface area contributed by atoms with E-state index in [1.807, 2.05) is 6.92 Å². The van der Waals surface area contributed by atoms with E-state index in [1.54, 1.807) is 24.3 Å². The lowest BCUT2D eigenvalue weighted by molar-refractivity contribution is -0.140. The zero-order valence-electron chi connectivity index (χ0n) is 15.3. The molecule has 144 valence electrons. The Labute approximate surface area is 163 Å². The highest BCUT2D eigenvalue weighted by molar-refractivity contribution is 6.48. The van der Waals surface area contributed by atoms with E-state index < -0.39 is 11.9 Å². The molecule has 1 aromatic carbocycles. The maximum Gasteiger partial charge on any atom is 0.338 e. The second kappa shape index (κ2) is 8.57. The van der Waals surface area contributed by atoms with Crippen molar-refractivity contribution in [3.05, 3.63) is 40.6 Å². The lowest BCUT2D eigenvalue weighted by Gasteiger charge is -2.29. The van der Waals surface area contributed by atoms with Gasteiger partial charge in [-0.25, -0.2) is 4.79 Å². The zero-order chi connectivity index (χ0) is 19.4. The molecule has 0 spiro atoms. The Kier molecular flexibility index (Phi) is 6.16. The third-order valence-electron chi connectivity index (χ3n) is 4.83. The molecule has 0 radical (unpaired) electrons. The Morgan fingerprint density at radius 3 is 2.44 bits per heavy atom. The van der Waals surface area contributed by atoms with E-state index in [4.69, 9.17) is 16.3 Å². The van der Waals surface area contributed by atoms with Gasteiger partial charge in [-0.3, -0.25) is 14.5 Å². The van der Waals surface area contributed by atoms with Crippen LogP contribution < -0.4 is 5.32 Å². The van der Waals surface area contributed by atoms with Gasteiger partial charge in [0.2, 0.25) is 0 Å². The Balaban J connectivity index is 1.70. The molecule has 0 atom stereocenters. The summed E-state index contributed by atoms with van der Waals surface area (Å²) in [5, 5.41) is 2.85. The van der Waals surface area contributed by atoms with Gasteiger partial charge in [-0.1, -0.05) is 37.8 Å². The molecule has 3 rings (SSSR count). The SMILES string of the molecule is CCCOC(=O)c1ccc(NC2=C(Cl)C(=O)N(C3CCCCC3)C2=O)cc1. The van der Waals surface area contributed by atoms with Crippen molar-refractivity contribution >= 4 is 35.1 Å². The molecule has 27 heavy (non-hydrogen) atoms. The number of nitrogens with one attached hydrogen (secondary N) is 1. The summed E-state index contributed by atoms with van der Waals surface area (Å²) in [4.78, 5) is 38.4. The van der Waals surface area contributed by atoms with Crippen molar-refractivity contribution in [1.29, 1.82) is 0 Å². The van der Waals surface area contributed by atoms with Crippen molar-refractivity contribution in [2.24, 2.45) is 0 Å². The first kappa shape index (κ1) is 19.4. The normalized spacial score (nSPS) is 18.2. The van der Waals surface area contributed by atoms with Gasteiger partial charge < -0.3 is 10.1 Å². The minimum absolute atomic E-state index is 0.0810. The van der Waals surface area contributed by atoms with Gasteiger partial charge in [0, 0.05) is 11.7 Å². The van der Waals surface area contributed by atoms with Crippen molar-refractivity contribution in [2.45, 2.75) is 51.5 Å². The Morgan fingerprint density at radius 2 is 1.81 bits per heavy atom. The predicted octanol–water partition coefficient (Wildman–Crippen LogP) is 3.82. The van der Waals surface area contributed by atoms with Crippen LogP contribution >= 0.6 is 11.6 Å². The van der Waals surface area contributed by atoms with Crippen LogP contribution in [0.15, 0.2) is 35.0 Å². The van der Waals surface area contributed by atoms with E-state index in [0.29, 0.717) is 17.9 Å². The Bertz CT molecular complexity index is 767. The number of benzene rings is 1. The number of hydrogen-bond acceptors (Lipinski definition) is 5. The van der Waals surface area contributed by atoms with Gasteiger partial charge in [-0.15, -0.1) is 0 Å². The van der Waals surface area contributed by atoms with Crippen LogP contribution in [0.3, 0.4) is 0 Å². The smallest absolute Gasteiger partial charge is 0.338 e. The summed E-state index contributed by atoms with van der Waals surface area (Å²) in [6.45, 7) is 2.29. The molecule has 2 amide bonds. The third-order valence-corrected chi connectivity index (χ3v) is 5.18. The quantitative estimate of drug-likeness (QED) is 0.590. The van der Waals surface area contributed by atoms with Crippen molar-refractivity contribution in [2.75, 3.05) is 11.9 Å².